The van der Waals surface area contributed by atoms with E-state index in [4.69, 9.17) is 11.5 Å². The number of carbonyl (C=O) groups excluding carboxylic acids is 1. The number of carboxylic acid groups (broad SMARTS) is 1. The topological polar surface area (TPSA) is 69.6 Å². The molecule has 1 heterocycles. The number of rotatable bonds is 4. The van der Waals surface area contributed by atoms with Gasteiger partial charge in [-0.05, 0) is 31.2 Å². The van der Waals surface area contributed by atoms with E-state index in [9.17, 15) is 9.59 Å². The van der Waals surface area contributed by atoms with Crippen molar-refractivity contribution in [3.05, 3.63) is 0 Å². The lowest BCUT2D eigenvalue weighted by molar-refractivity contribution is -0.145. The Morgan fingerprint density at radius 2 is 2.22 bits per heavy atom. The molecule has 1 amide bonds. The van der Waals surface area contributed by atoms with Crippen molar-refractivity contribution in [2.75, 3.05) is 19.6 Å². The molecule has 98 valence electrons. The molecule has 2 N–H and O–H groups in total. The molecule has 0 bridgehead atoms. The monoisotopic (exact) mass is 250 g/mol. The van der Waals surface area contributed by atoms with Crippen molar-refractivity contribution in [2.45, 2.75) is 25.3 Å². The van der Waals surface area contributed by atoms with Gasteiger partial charge in [0.25, 0.3) is 0 Å². The second-order valence-electron chi connectivity index (χ2n) is 5.03. The van der Waals surface area contributed by atoms with E-state index in [1.807, 2.05) is 0 Å². The minimum absolute atomic E-state index is 0.0562. The molecule has 1 aliphatic heterocycles. The molecule has 1 aliphatic carbocycles. The van der Waals surface area contributed by atoms with Gasteiger partial charge in [-0.1, -0.05) is 12.3 Å². The lowest BCUT2D eigenvalue weighted by atomic mass is 9.93. The van der Waals surface area contributed by atoms with E-state index in [-0.39, 0.29) is 25.0 Å². The van der Waals surface area contributed by atoms with Gasteiger partial charge in [0.15, 0.2) is 0 Å². The quantitative estimate of drug-likeness (QED) is 0.685. The van der Waals surface area contributed by atoms with Crippen molar-refractivity contribution in [3.63, 3.8) is 0 Å². The Balaban J connectivity index is 2.04. The van der Waals surface area contributed by atoms with Crippen molar-refractivity contribution in [1.29, 1.82) is 0 Å². The summed E-state index contributed by atoms with van der Waals surface area (Å²) in [5, 5.41) is 12.0. The maximum absolute atomic E-state index is 12.3. The zero-order chi connectivity index (χ0) is 13.1. The fourth-order valence-corrected chi connectivity index (χ4v) is 3.14. The highest BCUT2D eigenvalue weighted by Crippen LogP contribution is 2.38. The number of carboxylic acids is 1. The number of aliphatic carboxylic acids is 1. The minimum atomic E-state index is -1.03. The van der Waals surface area contributed by atoms with Crippen LogP contribution in [-0.2, 0) is 9.59 Å². The van der Waals surface area contributed by atoms with Gasteiger partial charge in [-0.25, -0.2) is 0 Å². The average Bonchev–Trinajstić information content (AvgIpc) is 2.88. The number of hydrogen-bond donors (Lipinski definition) is 2. The second-order valence-corrected chi connectivity index (χ2v) is 5.03. The number of hydrogen-bond acceptors (Lipinski definition) is 3. The van der Waals surface area contributed by atoms with Crippen LogP contribution in [0, 0.1) is 24.2 Å². The molecule has 5 nitrogen and oxygen atoms in total. The van der Waals surface area contributed by atoms with Crippen LogP contribution in [0.1, 0.15) is 19.3 Å². The number of carbonyl (C=O) groups is 2. The third-order valence-corrected chi connectivity index (χ3v) is 3.93. The van der Waals surface area contributed by atoms with E-state index in [1.54, 1.807) is 0 Å². The predicted molar refractivity (Wildman–Crippen MR) is 65.7 cm³/mol. The smallest absolute Gasteiger partial charge is 0.323 e. The summed E-state index contributed by atoms with van der Waals surface area (Å²) < 4.78 is 0. The Bertz CT molecular complexity index is 388. The molecular formula is C13H18N2O3. The summed E-state index contributed by atoms with van der Waals surface area (Å²) in [6, 6.07) is -0.245. The summed E-state index contributed by atoms with van der Waals surface area (Å²) >= 11 is 0. The Morgan fingerprint density at radius 3 is 2.89 bits per heavy atom. The molecule has 1 saturated carbocycles. The second kappa shape index (κ2) is 5.40. The third-order valence-electron chi connectivity index (χ3n) is 3.93. The average molecular weight is 250 g/mol. The van der Waals surface area contributed by atoms with Crippen LogP contribution < -0.4 is 5.32 Å². The number of nitrogens with one attached hydrogen (secondary N) is 1. The molecule has 1 saturated heterocycles. The lowest BCUT2D eigenvalue weighted by Crippen LogP contribution is -2.48. The molecule has 18 heavy (non-hydrogen) atoms. The number of amides is 1. The molecule has 2 fully saturated rings. The maximum atomic E-state index is 12.3. The molecule has 5 heteroatoms. The van der Waals surface area contributed by atoms with Gasteiger partial charge in [0.1, 0.15) is 6.54 Å². The largest absolute Gasteiger partial charge is 0.480 e. The number of nitrogens with zero attached hydrogens (tertiary/aromatic N) is 1. The molecule has 0 spiro atoms. The van der Waals surface area contributed by atoms with Crippen LogP contribution in [0.2, 0.25) is 0 Å². The highest BCUT2D eigenvalue weighted by atomic mass is 16.4. The summed E-state index contributed by atoms with van der Waals surface area (Å²) in [5.74, 6) is 2.08. The van der Waals surface area contributed by atoms with Crippen LogP contribution in [0.15, 0.2) is 0 Å². The normalized spacial score (nSPS) is 29.6. The van der Waals surface area contributed by atoms with E-state index in [0.29, 0.717) is 11.8 Å². The molecule has 3 unspecified atom stereocenters. The Morgan fingerprint density at radius 1 is 1.44 bits per heavy atom. The predicted octanol–water partition coefficient (Wildman–Crippen LogP) is -0.0791. The molecule has 0 aromatic carbocycles. The van der Waals surface area contributed by atoms with Crippen molar-refractivity contribution < 1.29 is 14.7 Å². The molecule has 0 aromatic rings. The first-order chi connectivity index (χ1) is 8.63. The van der Waals surface area contributed by atoms with Gasteiger partial charge in [0.2, 0.25) is 5.91 Å². The summed E-state index contributed by atoms with van der Waals surface area (Å²) in [6.45, 7) is 0.595. The molecular weight excluding hydrogens is 232 g/mol. The summed E-state index contributed by atoms with van der Waals surface area (Å²) in [4.78, 5) is 24.3. The van der Waals surface area contributed by atoms with E-state index in [0.717, 1.165) is 25.8 Å². The highest BCUT2D eigenvalue weighted by Gasteiger charge is 2.43. The van der Waals surface area contributed by atoms with Gasteiger partial charge in [-0.3, -0.25) is 9.59 Å². The molecule has 0 aromatic heterocycles. The van der Waals surface area contributed by atoms with E-state index in [1.165, 1.54) is 4.90 Å². The van der Waals surface area contributed by atoms with E-state index in [2.05, 4.69) is 11.2 Å². The van der Waals surface area contributed by atoms with Crippen LogP contribution in [0.25, 0.3) is 0 Å². The third kappa shape index (κ3) is 2.49. The maximum Gasteiger partial charge on any atom is 0.323 e. The first-order valence-corrected chi connectivity index (χ1v) is 6.31. The standard InChI is InChI=1S/C13H18N2O3/c1-2-6-15(8-11(16)17)13(18)12-10-5-3-4-9(10)7-14-12/h1,9-10,12,14H,3-8H2,(H,16,17). The Labute approximate surface area is 107 Å². The van der Waals surface area contributed by atoms with Gasteiger partial charge >= 0.3 is 5.97 Å². The summed E-state index contributed by atoms with van der Waals surface area (Å²) in [5.41, 5.74) is 0. The van der Waals surface area contributed by atoms with Crippen LogP contribution >= 0.6 is 0 Å². The molecule has 0 radical (unpaired) electrons. The van der Waals surface area contributed by atoms with Crippen LogP contribution in [0.3, 0.4) is 0 Å². The van der Waals surface area contributed by atoms with E-state index >= 15 is 0 Å². The van der Waals surface area contributed by atoms with E-state index < -0.39 is 5.97 Å². The number of fused-ring (bicyclic) bond motifs is 1. The van der Waals surface area contributed by atoms with Gasteiger partial charge in [-0.15, -0.1) is 6.42 Å². The Kier molecular flexibility index (Phi) is 3.87. The van der Waals surface area contributed by atoms with Gasteiger partial charge < -0.3 is 15.3 Å². The van der Waals surface area contributed by atoms with Crippen LogP contribution in [0.4, 0.5) is 0 Å². The van der Waals surface area contributed by atoms with Crippen LogP contribution in [0.5, 0.6) is 0 Å². The minimum Gasteiger partial charge on any atom is -0.480 e. The molecule has 2 aliphatic rings. The van der Waals surface area contributed by atoms with Crippen molar-refractivity contribution in [3.8, 4) is 12.3 Å². The first-order valence-electron chi connectivity index (χ1n) is 6.31. The van der Waals surface area contributed by atoms with Gasteiger partial charge in [0.05, 0.1) is 12.6 Å². The fourth-order valence-electron chi connectivity index (χ4n) is 3.14. The van der Waals surface area contributed by atoms with Crippen molar-refractivity contribution >= 4 is 11.9 Å². The zero-order valence-corrected chi connectivity index (χ0v) is 10.3. The molecule has 3 atom stereocenters. The van der Waals surface area contributed by atoms with Crippen molar-refractivity contribution in [1.82, 2.24) is 10.2 Å². The molecule has 2 rings (SSSR count). The number of terminal acetylenes is 1. The fraction of sp³-hybridized carbons (Fsp3) is 0.692. The van der Waals surface area contributed by atoms with Gasteiger partial charge in [0, 0.05) is 0 Å². The zero-order valence-electron chi connectivity index (χ0n) is 10.3. The van der Waals surface area contributed by atoms with Gasteiger partial charge in [-0.2, -0.15) is 0 Å². The van der Waals surface area contributed by atoms with Crippen LogP contribution in [-0.4, -0.2) is 47.6 Å². The Hall–Kier alpha value is -1.54. The summed E-state index contributed by atoms with van der Waals surface area (Å²) in [7, 11) is 0. The first kappa shape index (κ1) is 12.9. The highest BCUT2D eigenvalue weighted by molar-refractivity contribution is 5.86. The summed E-state index contributed by atoms with van der Waals surface area (Å²) in [6.07, 6.45) is 8.56. The van der Waals surface area contributed by atoms with Crippen molar-refractivity contribution in [2.24, 2.45) is 11.8 Å². The SMILES string of the molecule is C#CCN(CC(=O)O)C(=O)C1NCC2CCCC21. The lowest BCUT2D eigenvalue weighted by Gasteiger charge is -2.25.